The lowest BCUT2D eigenvalue weighted by Crippen LogP contribution is -2.54. The van der Waals surface area contributed by atoms with Crippen LogP contribution in [0.5, 0.6) is 0 Å². The lowest BCUT2D eigenvalue weighted by atomic mass is 9.62. The summed E-state index contributed by atoms with van der Waals surface area (Å²) in [6.45, 7) is 7.91. The van der Waals surface area contributed by atoms with Crippen LogP contribution >= 0.6 is 0 Å². The van der Waals surface area contributed by atoms with Crippen molar-refractivity contribution < 1.29 is 19.2 Å². The number of hydrogen-bond acceptors (Lipinski definition) is 4. The third kappa shape index (κ3) is 6.45. The van der Waals surface area contributed by atoms with Crippen LogP contribution < -0.4 is 10.6 Å². The van der Waals surface area contributed by atoms with Crippen LogP contribution in [0.2, 0.25) is 0 Å². The van der Waals surface area contributed by atoms with Crippen LogP contribution in [0.15, 0.2) is 0 Å². The molecule has 3 fully saturated rings. The van der Waals surface area contributed by atoms with Crippen LogP contribution in [0.4, 0.5) is 9.59 Å². The molecule has 180 valence electrons. The topological polar surface area (TPSA) is 98.8 Å². The Morgan fingerprint density at radius 1 is 0.844 bits per heavy atom. The SMILES string of the molecule is CC1(C)CC(NC(=O)N2CCCCCC2=O)CC(C)(CNC(=O)N2CCCCCC2=O)C1. The zero-order chi connectivity index (χ0) is 23.4. The summed E-state index contributed by atoms with van der Waals surface area (Å²) in [5.41, 5.74) is -0.232. The molecular weight excluding hydrogens is 408 g/mol. The molecule has 2 heterocycles. The van der Waals surface area contributed by atoms with Crippen molar-refractivity contribution in [2.45, 2.75) is 97.4 Å². The number of rotatable bonds is 3. The second-order valence-corrected chi connectivity index (χ2v) is 11.1. The van der Waals surface area contributed by atoms with Gasteiger partial charge in [-0.05, 0) is 55.8 Å². The number of amides is 6. The Morgan fingerprint density at radius 3 is 2.00 bits per heavy atom. The van der Waals surface area contributed by atoms with Crippen molar-refractivity contribution in [2.75, 3.05) is 19.6 Å². The van der Waals surface area contributed by atoms with Crippen LogP contribution in [0.25, 0.3) is 0 Å². The quantitative estimate of drug-likeness (QED) is 0.686. The number of likely N-dealkylation sites (tertiary alicyclic amines) is 2. The maximum Gasteiger partial charge on any atom is 0.324 e. The van der Waals surface area contributed by atoms with Gasteiger partial charge in [-0.1, -0.05) is 33.6 Å². The van der Waals surface area contributed by atoms with Crippen LogP contribution in [-0.2, 0) is 9.59 Å². The molecule has 8 heteroatoms. The Hall–Kier alpha value is -2.12. The zero-order valence-corrected chi connectivity index (χ0v) is 20.0. The molecular formula is C24H40N4O4. The average molecular weight is 449 g/mol. The first-order valence-electron chi connectivity index (χ1n) is 12.3. The van der Waals surface area contributed by atoms with Gasteiger partial charge in [0.1, 0.15) is 0 Å². The van der Waals surface area contributed by atoms with Gasteiger partial charge in [0.05, 0.1) is 0 Å². The van der Waals surface area contributed by atoms with Crippen molar-refractivity contribution in [3.63, 3.8) is 0 Å². The fraction of sp³-hybridized carbons (Fsp3) is 0.833. The van der Waals surface area contributed by atoms with E-state index in [1.165, 1.54) is 9.80 Å². The molecule has 0 aromatic rings. The van der Waals surface area contributed by atoms with Crippen molar-refractivity contribution >= 4 is 23.9 Å². The molecule has 2 atom stereocenters. The molecule has 2 aliphatic heterocycles. The molecule has 8 nitrogen and oxygen atoms in total. The largest absolute Gasteiger partial charge is 0.337 e. The van der Waals surface area contributed by atoms with E-state index >= 15 is 0 Å². The summed E-state index contributed by atoms with van der Waals surface area (Å²) < 4.78 is 0. The van der Waals surface area contributed by atoms with Crippen molar-refractivity contribution in [1.82, 2.24) is 20.4 Å². The lowest BCUT2D eigenvalue weighted by molar-refractivity contribution is -0.128. The van der Waals surface area contributed by atoms with E-state index in [1.54, 1.807) is 0 Å². The average Bonchev–Trinajstić information content (AvgIpc) is 3.04. The molecule has 3 rings (SSSR count). The highest BCUT2D eigenvalue weighted by Crippen LogP contribution is 2.45. The molecule has 2 N–H and O–H groups in total. The van der Waals surface area contributed by atoms with E-state index in [9.17, 15) is 19.2 Å². The van der Waals surface area contributed by atoms with Gasteiger partial charge < -0.3 is 10.6 Å². The van der Waals surface area contributed by atoms with E-state index in [4.69, 9.17) is 0 Å². The second kappa shape index (κ2) is 10.2. The van der Waals surface area contributed by atoms with E-state index in [-0.39, 0.29) is 40.7 Å². The van der Waals surface area contributed by atoms with Crippen molar-refractivity contribution in [3.8, 4) is 0 Å². The monoisotopic (exact) mass is 448 g/mol. The molecule has 0 spiro atoms. The van der Waals surface area contributed by atoms with Gasteiger partial charge in [-0.2, -0.15) is 0 Å². The smallest absolute Gasteiger partial charge is 0.324 e. The maximum absolute atomic E-state index is 12.9. The first kappa shape index (κ1) is 24.5. The van der Waals surface area contributed by atoms with Crippen molar-refractivity contribution in [3.05, 3.63) is 0 Å². The van der Waals surface area contributed by atoms with E-state index in [1.807, 2.05) is 0 Å². The van der Waals surface area contributed by atoms with Gasteiger partial charge in [-0.25, -0.2) is 9.59 Å². The van der Waals surface area contributed by atoms with E-state index in [0.29, 0.717) is 32.5 Å². The minimum atomic E-state index is -0.308. The summed E-state index contributed by atoms with van der Waals surface area (Å²) in [4.78, 5) is 52.9. The van der Waals surface area contributed by atoms with Gasteiger partial charge in [0.15, 0.2) is 0 Å². The third-order valence-electron chi connectivity index (χ3n) is 7.07. The molecule has 3 aliphatic rings. The van der Waals surface area contributed by atoms with Gasteiger partial charge in [0, 0.05) is 38.5 Å². The molecule has 0 radical (unpaired) electrons. The number of carbonyl (C=O) groups is 4. The van der Waals surface area contributed by atoms with Gasteiger partial charge in [0.2, 0.25) is 11.8 Å². The minimum absolute atomic E-state index is 0.0170. The Labute approximate surface area is 191 Å². The van der Waals surface area contributed by atoms with E-state index < -0.39 is 0 Å². The zero-order valence-electron chi connectivity index (χ0n) is 20.0. The number of imide groups is 2. The molecule has 0 aromatic carbocycles. The molecule has 0 bridgehead atoms. The summed E-state index contributed by atoms with van der Waals surface area (Å²) in [6, 6.07) is -0.664. The molecule has 0 aromatic heterocycles. The standard InChI is InChI=1S/C24H40N4O4/c1-23(2)14-18(26-22(32)28-13-9-5-7-11-20(28)30)15-24(3,16-23)17-25-21(31)27-12-8-4-6-10-19(27)29/h18H,4-17H2,1-3H3,(H,25,31)(H,26,32). The Balaban J connectivity index is 1.61. The van der Waals surface area contributed by atoms with Crippen LogP contribution in [0, 0.1) is 10.8 Å². The molecule has 1 aliphatic carbocycles. The van der Waals surface area contributed by atoms with Crippen LogP contribution in [-0.4, -0.2) is 59.4 Å². The predicted octanol–water partition coefficient (Wildman–Crippen LogP) is 3.80. The van der Waals surface area contributed by atoms with E-state index in [0.717, 1.165) is 57.8 Å². The second-order valence-electron chi connectivity index (χ2n) is 11.1. The first-order valence-corrected chi connectivity index (χ1v) is 12.3. The van der Waals surface area contributed by atoms with Crippen molar-refractivity contribution in [1.29, 1.82) is 0 Å². The number of nitrogens with zero attached hydrogens (tertiary/aromatic N) is 2. The molecule has 32 heavy (non-hydrogen) atoms. The fourth-order valence-electron chi connectivity index (χ4n) is 5.90. The van der Waals surface area contributed by atoms with Gasteiger partial charge in [-0.15, -0.1) is 0 Å². The number of urea groups is 2. The fourth-order valence-corrected chi connectivity index (χ4v) is 5.90. The summed E-state index contributed by atoms with van der Waals surface area (Å²) in [5.74, 6) is -0.186. The Bertz CT molecular complexity index is 738. The molecule has 1 saturated carbocycles. The highest BCUT2D eigenvalue weighted by Gasteiger charge is 2.42. The summed E-state index contributed by atoms with van der Waals surface area (Å²) in [7, 11) is 0. The van der Waals surface area contributed by atoms with Gasteiger partial charge >= 0.3 is 12.1 Å². The van der Waals surface area contributed by atoms with Crippen LogP contribution in [0.3, 0.4) is 0 Å². The predicted molar refractivity (Wildman–Crippen MR) is 122 cm³/mol. The summed E-state index contributed by atoms with van der Waals surface area (Å²) >= 11 is 0. The molecule has 6 amide bonds. The summed E-state index contributed by atoms with van der Waals surface area (Å²) in [5, 5.41) is 6.11. The number of hydrogen-bond donors (Lipinski definition) is 2. The Morgan fingerprint density at radius 2 is 1.41 bits per heavy atom. The first-order chi connectivity index (χ1) is 15.1. The maximum atomic E-state index is 12.9. The minimum Gasteiger partial charge on any atom is -0.337 e. The lowest BCUT2D eigenvalue weighted by Gasteiger charge is -2.47. The van der Waals surface area contributed by atoms with Gasteiger partial charge in [-0.3, -0.25) is 19.4 Å². The van der Waals surface area contributed by atoms with Crippen molar-refractivity contribution in [2.24, 2.45) is 10.8 Å². The molecule has 2 saturated heterocycles. The van der Waals surface area contributed by atoms with Gasteiger partial charge in [0.25, 0.3) is 0 Å². The number of carbonyl (C=O) groups excluding carboxylic acids is 4. The van der Waals surface area contributed by atoms with Crippen LogP contribution in [0.1, 0.15) is 91.4 Å². The van der Waals surface area contributed by atoms with E-state index in [2.05, 4.69) is 31.4 Å². The highest BCUT2D eigenvalue weighted by atomic mass is 16.2. The normalized spacial score (nSPS) is 29.2. The third-order valence-corrected chi connectivity index (χ3v) is 7.07. The molecule has 2 unspecified atom stereocenters. The highest BCUT2D eigenvalue weighted by molar-refractivity contribution is 5.95. The number of nitrogens with one attached hydrogen (secondary N) is 2. The summed E-state index contributed by atoms with van der Waals surface area (Å²) in [6.07, 6.45) is 8.67. The Kier molecular flexibility index (Phi) is 7.83.